The summed E-state index contributed by atoms with van der Waals surface area (Å²) in [6.07, 6.45) is 0. The Kier molecular flexibility index (Phi) is 4.60. The summed E-state index contributed by atoms with van der Waals surface area (Å²) in [6.45, 7) is 0. The first-order chi connectivity index (χ1) is 3.31. The maximum absolute atomic E-state index is 9.99. The van der Waals surface area contributed by atoms with E-state index < -0.39 is 8.60 Å². The van der Waals surface area contributed by atoms with Crippen molar-refractivity contribution in [3.8, 4) is 0 Å². The molecule has 0 amide bonds. The van der Waals surface area contributed by atoms with Gasteiger partial charge in [-0.15, -0.1) is 0 Å². The molecule has 1 atom stereocenters. The van der Waals surface area contributed by atoms with Gasteiger partial charge in [0.25, 0.3) is 0 Å². The van der Waals surface area contributed by atoms with E-state index in [1.807, 2.05) is 0 Å². The van der Waals surface area contributed by atoms with Crippen LogP contribution in [-0.4, -0.2) is 14.2 Å². The van der Waals surface area contributed by atoms with Crippen molar-refractivity contribution in [2.75, 3.05) is 14.2 Å². The second-order valence-electron chi connectivity index (χ2n) is 0.647. The van der Waals surface area contributed by atoms with Gasteiger partial charge in [0, 0.05) is 7.11 Å². The summed E-state index contributed by atoms with van der Waals surface area (Å²) >= 11 is 0. The Morgan fingerprint density at radius 2 is 2.00 bits per heavy atom. The van der Waals surface area contributed by atoms with E-state index in [-0.39, 0.29) is 0 Å². The van der Waals surface area contributed by atoms with Crippen molar-refractivity contribution in [3.05, 3.63) is 0 Å². The number of hydrogen-bond acceptors (Lipinski definition) is 4. The van der Waals surface area contributed by atoms with Crippen LogP contribution in [-0.2, 0) is 14.1 Å². The lowest BCUT2D eigenvalue weighted by Gasteiger charge is -2.15. The molecule has 7 heavy (non-hydrogen) atoms. The van der Waals surface area contributed by atoms with Gasteiger partial charge in [0.1, 0.15) is 8.60 Å². The van der Waals surface area contributed by atoms with Crippen LogP contribution in [0.5, 0.6) is 0 Å². The molecule has 0 N–H and O–H groups in total. The lowest BCUT2D eigenvalue weighted by atomic mass is 11.8. The van der Waals surface area contributed by atoms with Crippen LogP contribution in [0, 0.1) is 0 Å². The van der Waals surface area contributed by atoms with Crippen molar-refractivity contribution in [2.45, 2.75) is 0 Å². The third-order valence-electron chi connectivity index (χ3n) is 0.284. The van der Waals surface area contributed by atoms with E-state index in [0.29, 0.717) is 0 Å². The topological polar surface area (TPSA) is 50.8 Å². The van der Waals surface area contributed by atoms with Gasteiger partial charge in [0.2, 0.25) is 0 Å². The van der Waals surface area contributed by atoms with Crippen LogP contribution < -0.4 is 4.89 Å². The molecule has 0 bridgehead atoms. The van der Waals surface area contributed by atoms with E-state index in [0.717, 1.165) is 0 Å². The van der Waals surface area contributed by atoms with Gasteiger partial charge < -0.3 is 9.42 Å². The molecule has 0 rings (SSSR count). The summed E-state index contributed by atoms with van der Waals surface area (Å²) in [4.78, 5) is 14.0. The van der Waals surface area contributed by atoms with Crippen LogP contribution in [0.1, 0.15) is 0 Å². The third-order valence-corrected chi connectivity index (χ3v) is 0.853. The van der Waals surface area contributed by atoms with Crippen LogP contribution in [0.3, 0.4) is 0 Å². The highest BCUT2D eigenvalue weighted by atomic mass is 31.2. The molecule has 0 radical (unpaired) electrons. The van der Waals surface area contributed by atoms with Gasteiger partial charge in [0.15, 0.2) is 0 Å². The highest BCUT2D eigenvalue weighted by Gasteiger charge is 1.84. The summed E-state index contributed by atoms with van der Waals surface area (Å²) in [5.41, 5.74) is 0. The Morgan fingerprint density at radius 1 is 1.43 bits per heavy atom. The molecule has 0 aromatic heterocycles. The molecule has 0 saturated heterocycles. The van der Waals surface area contributed by atoms with Crippen LogP contribution in [0.15, 0.2) is 0 Å². The van der Waals surface area contributed by atoms with Gasteiger partial charge in [-0.2, -0.15) is 0 Å². The molecule has 5 heteroatoms. The van der Waals surface area contributed by atoms with Crippen molar-refractivity contribution in [2.24, 2.45) is 0 Å². The van der Waals surface area contributed by atoms with Crippen molar-refractivity contribution in [1.29, 1.82) is 0 Å². The summed E-state index contributed by atoms with van der Waals surface area (Å²) < 4.78 is 8.13. The fourth-order valence-corrected chi connectivity index (χ4v) is 0.274. The molecule has 1 unspecified atom stereocenters. The molecule has 0 aliphatic rings. The zero-order valence-corrected chi connectivity index (χ0v) is 4.97. The van der Waals surface area contributed by atoms with Gasteiger partial charge in [-0.1, -0.05) is 0 Å². The molecular weight excluding hydrogens is 119 g/mol. The minimum atomic E-state index is -2.05. The summed E-state index contributed by atoms with van der Waals surface area (Å²) in [6, 6.07) is 0. The van der Waals surface area contributed by atoms with E-state index in [2.05, 4.69) is 14.1 Å². The molecule has 0 aliphatic carbocycles. The van der Waals surface area contributed by atoms with Crippen molar-refractivity contribution in [3.63, 3.8) is 0 Å². The SMILES string of the molecule is COOP([O-])OC. The van der Waals surface area contributed by atoms with Crippen LogP contribution >= 0.6 is 8.60 Å². The van der Waals surface area contributed by atoms with Crippen molar-refractivity contribution >= 4 is 8.60 Å². The maximum atomic E-state index is 9.99. The van der Waals surface area contributed by atoms with Crippen molar-refractivity contribution < 1.29 is 19.0 Å². The second kappa shape index (κ2) is 4.43. The lowest BCUT2D eigenvalue weighted by Crippen LogP contribution is -1.98. The molecule has 0 fully saturated rings. The Morgan fingerprint density at radius 3 is 2.14 bits per heavy atom. The Labute approximate surface area is 42.9 Å². The average molecular weight is 125 g/mol. The van der Waals surface area contributed by atoms with Crippen LogP contribution in [0.2, 0.25) is 0 Å². The first-order valence-electron chi connectivity index (χ1n) is 1.53. The van der Waals surface area contributed by atoms with Gasteiger partial charge in [0.05, 0.1) is 7.11 Å². The van der Waals surface area contributed by atoms with E-state index in [1.165, 1.54) is 14.2 Å². The molecule has 4 nitrogen and oxygen atoms in total. The first kappa shape index (κ1) is 7.27. The fourth-order valence-electron chi connectivity index (χ4n) is 0.0913. The third kappa shape index (κ3) is 4.12. The Balaban J connectivity index is 2.83. The summed E-state index contributed by atoms with van der Waals surface area (Å²) in [5.74, 6) is 0. The fraction of sp³-hybridized carbons (Fsp3) is 1.00. The smallest absolute Gasteiger partial charge is 0.125 e. The molecule has 0 saturated carbocycles. The molecule has 0 aromatic carbocycles. The van der Waals surface area contributed by atoms with Crippen LogP contribution in [0.4, 0.5) is 0 Å². The standard InChI is InChI=1S/C2H6O4P/c1-4-6-7(3)5-2/h1-2H3/q-1. The van der Waals surface area contributed by atoms with E-state index in [1.54, 1.807) is 0 Å². The largest absolute Gasteiger partial charge is 0.784 e. The number of hydrogen-bond donors (Lipinski definition) is 0. The predicted octanol–water partition coefficient (Wildman–Crippen LogP) is -0.202. The van der Waals surface area contributed by atoms with E-state index in [9.17, 15) is 4.89 Å². The molecule has 44 valence electrons. The number of rotatable bonds is 3. The molecule has 0 aromatic rings. The van der Waals surface area contributed by atoms with Crippen molar-refractivity contribution in [1.82, 2.24) is 0 Å². The van der Waals surface area contributed by atoms with Gasteiger partial charge in [-0.3, -0.25) is 0 Å². The minimum Gasteiger partial charge on any atom is -0.784 e. The second-order valence-corrected chi connectivity index (χ2v) is 1.61. The molecular formula is C2H6O4P-. The summed E-state index contributed by atoms with van der Waals surface area (Å²) in [5, 5.41) is 0. The molecule has 0 aliphatic heterocycles. The summed E-state index contributed by atoms with van der Waals surface area (Å²) in [7, 11) is 0.467. The minimum absolute atomic E-state index is 1.26. The van der Waals surface area contributed by atoms with E-state index in [4.69, 9.17) is 0 Å². The van der Waals surface area contributed by atoms with E-state index >= 15 is 0 Å². The molecule has 0 heterocycles. The maximum Gasteiger partial charge on any atom is 0.125 e. The van der Waals surface area contributed by atoms with Gasteiger partial charge in [-0.25, -0.2) is 9.56 Å². The van der Waals surface area contributed by atoms with Gasteiger partial charge in [-0.05, 0) is 0 Å². The lowest BCUT2D eigenvalue weighted by molar-refractivity contribution is -0.274. The first-order valence-corrected chi connectivity index (χ1v) is 2.63. The Hall–Kier alpha value is 0.270. The predicted molar refractivity (Wildman–Crippen MR) is 22.0 cm³/mol. The highest BCUT2D eigenvalue weighted by molar-refractivity contribution is 7.38. The quantitative estimate of drug-likeness (QED) is 0.297. The molecule has 0 spiro atoms. The highest BCUT2D eigenvalue weighted by Crippen LogP contribution is 2.24. The monoisotopic (exact) mass is 125 g/mol. The zero-order valence-electron chi connectivity index (χ0n) is 4.08. The zero-order chi connectivity index (χ0) is 5.70. The normalized spacial score (nSPS) is 14.1. The van der Waals surface area contributed by atoms with Crippen LogP contribution in [0.25, 0.3) is 0 Å². The Bertz CT molecular complexity index is 40.7. The van der Waals surface area contributed by atoms with Gasteiger partial charge >= 0.3 is 0 Å². The average Bonchev–Trinajstić information content (AvgIpc) is 1.68.